The minimum atomic E-state index is -0.677. The average molecular weight is 422 g/mol. The molecule has 4 amide bonds. The van der Waals surface area contributed by atoms with Gasteiger partial charge in [-0.25, -0.2) is 0 Å². The largest absolute Gasteiger partial charge is 0.369 e. The lowest BCUT2D eigenvalue weighted by Gasteiger charge is -2.28. The maximum atomic E-state index is 13.1. The van der Waals surface area contributed by atoms with E-state index in [1.165, 1.54) is 23.1 Å². The van der Waals surface area contributed by atoms with E-state index in [1.807, 2.05) is 13.8 Å². The minimum Gasteiger partial charge on any atom is -0.369 e. The first-order valence-electron chi connectivity index (χ1n) is 10.6. The van der Waals surface area contributed by atoms with Gasteiger partial charge in [0.25, 0.3) is 0 Å². The topological polar surface area (TPSA) is 130 Å². The molecule has 1 radical (unpaired) electrons. The Morgan fingerprint density at radius 3 is 2.40 bits per heavy atom. The smallest absolute Gasteiger partial charge is 0.245 e. The molecule has 0 aromatic carbocycles. The number of carbonyl (C=O) groups excluding carboxylic acids is 5. The fourth-order valence-corrected chi connectivity index (χ4v) is 4.07. The van der Waals surface area contributed by atoms with Crippen LogP contribution in [0.4, 0.5) is 0 Å². The van der Waals surface area contributed by atoms with Gasteiger partial charge in [-0.3, -0.25) is 24.0 Å². The van der Waals surface area contributed by atoms with Crippen molar-refractivity contribution in [2.45, 2.75) is 71.5 Å². The molecule has 0 saturated carbocycles. The molecule has 0 aliphatic carbocycles. The maximum Gasteiger partial charge on any atom is 0.245 e. The van der Waals surface area contributed by atoms with E-state index in [2.05, 4.69) is 5.32 Å². The molecule has 2 heterocycles. The van der Waals surface area contributed by atoms with Crippen molar-refractivity contribution in [1.82, 2.24) is 15.1 Å². The van der Waals surface area contributed by atoms with Crippen LogP contribution in [-0.4, -0.2) is 70.4 Å². The van der Waals surface area contributed by atoms with E-state index >= 15 is 0 Å². The van der Waals surface area contributed by atoms with Crippen LogP contribution < -0.4 is 11.1 Å². The van der Waals surface area contributed by atoms with E-state index in [9.17, 15) is 24.0 Å². The van der Waals surface area contributed by atoms with Crippen LogP contribution in [0.5, 0.6) is 0 Å². The van der Waals surface area contributed by atoms with E-state index in [1.54, 1.807) is 6.92 Å². The predicted octanol–water partition coefficient (Wildman–Crippen LogP) is 0.0239. The van der Waals surface area contributed by atoms with Crippen LogP contribution in [0.2, 0.25) is 0 Å². The molecule has 9 heteroatoms. The summed E-state index contributed by atoms with van der Waals surface area (Å²) >= 11 is 0. The summed E-state index contributed by atoms with van der Waals surface area (Å²) in [6, 6.07) is -1.74. The summed E-state index contributed by atoms with van der Waals surface area (Å²) in [5.41, 5.74) is 5.23. The standard InChI is InChI=1S/C21H33N4O5/c1-12(2)5-7-15(23-14(4)26)21(30)25-11-17(27)19-16(25)9-10-24(19)18(28)8-6-13(3)20(22)29/h8,12-13,15-16,19H,5-7,9-11H2,1-4H3,(H2,22,29)(H,23,26). The number of nitrogens with one attached hydrogen (secondary N) is 1. The SMILES string of the molecule is CC(=O)NC(CCC(C)C)C(=O)N1CC(=O)C2C1CCN2C(=O)[CH]CC(C)C(N)=O. The van der Waals surface area contributed by atoms with E-state index in [0.717, 1.165) is 6.42 Å². The molecule has 4 atom stereocenters. The van der Waals surface area contributed by atoms with Gasteiger partial charge in [0.2, 0.25) is 23.6 Å². The van der Waals surface area contributed by atoms with Crippen LogP contribution in [0, 0.1) is 18.3 Å². The second kappa shape index (κ2) is 10.0. The lowest BCUT2D eigenvalue weighted by molar-refractivity contribution is -0.137. The first-order valence-corrected chi connectivity index (χ1v) is 10.6. The fraction of sp³-hybridized carbons (Fsp3) is 0.714. The Bertz CT molecular complexity index is 708. The van der Waals surface area contributed by atoms with Gasteiger partial charge in [0.15, 0.2) is 5.78 Å². The summed E-state index contributed by atoms with van der Waals surface area (Å²) in [4.78, 5) is 64.2. The molecule has 2 saturated heterocycles. The summed E-state index contributed by atoms with van der Waals surface area (Å²) in [7, 11) is 0. The highest BCUT2D eigenvalue weighted by Crippen LogP contribution is 2.31. The van der Waals surface area contributed by atoms with Crippen molar-refractivity contribution in [1.29, 1.82) is 0 Å². The van der Waals surface area contributed by atoms with Gasteiger partial charge in [-0.2, -0.15) is 0 Å². The summed E-state index contributed by atoms with van der Waals surface area (Å²) < 4.78 is 0. The van der Waals surface area contributed by atoms with Crippen molar-refractivity contribution in [2.75, 3.05) is 13.1 Å². The molecule has 2 aliphatic heterocycles. The van der Waals surface area contributed by atoms with Crippen molar-refractivity contribution in [2.24, 2.45) is 17.6 Å². The number of ketones is 1. The van der Waals surface area contributed by atoms with E-state index < -0.39 is 23.9 Å². The number of nitrogens with zero attached hydrogens (tertiary/aromatic N) is 2. The van der Waals surface area contributed by atoms with Gasteiger partial charge < -0.3 is 20.9 Å². The number of primary amides is 1. The Kier molecular flexibility index (Phi) is 7.97. The Balaban J connectivity index is 2.07. The summed E-state index contributed by atoms with van der Waals surface area (Å²) in [6.45, 7) is 7.39. The summed E-state index contributed by atoms with van der Waals surface area (Å²) in [5, 5.41) is 2.71. The average Bonchev–Trinajstić information content (AvgIpc) is 3.23. The van der Waals surface area contributed by atoms with E-state index in [-0.39, 0.29) is 42.5 Å². The lowest BCUT2D eigenvalue weighted by Crippen LogP contribution is -2.50. The highest BCUT2D eigenvalue weighted by molar-refractivity contribution is 6.00. The number of nitrogens with two attached hydrogens (primary N) is 1. The molecule has 2 fully saturated rings. The van der Waals surface area contributed by atoms with Crippen LogP contribution in [-0.2, 0) is 24.0 Å². The van der Waals surface area contributed by atoms with Gasteiger partial charge in [-0.15, -0.1) is 0 Å². The number of fused-ring (bicyclic) bond motifs is 1. The quantitative estimate of drug-likeness (QED) is 0.542. The zero-order valence-corrected chi connectivity index (χ0v) is 18.2. The van der Waals surface area contributed by atoms with Crippen LogP contribution >= 0.6 is 0 Å². The second-order valence-electron chi connectivity index (χ2n) is 8.73. The van der Waals surface area contributed by atoms with Crippen LogP contribution in [0.1, 0.15) is 53.4 Å². The number of hydrogen-bond acceptors (Lipinski definition) is 5. The predicted molar refractivity (Wildman–Crippen MR) is 110 cm³/mol. The molecule has 30 heavy (non-hydrogen) atoms. The Labute approximate surface area is 177 Å². The molecule has 0 spiro atoms. The number of likely N-dealkylation sites (tertiary alicyclic amines) is 2. The maximum absolute atomic E-state index is 13.1. The highest BCUT2D eigenvalue weighted by atomic mass is 16.2. The lowest BCUT2D eigenvalue weighted by atomic mass is 10.0. The molecule has 0 aromatic rings. The fourth-order valence-electron chi connectivity index (χ4n) is 4.07. The molecular formula is C21H33N4O5. The molecule has 0 bridgehead atoms. The van der Waals surface area contributed by atoms with Crippen molar-refractivity contribution in [3.05, 3.63) is 6.42 Å². The van der Waals surface area contributed by atoms with Gasteiger partial charge in [0.1, 0.15) is 12.1 Å². The van der Waals surface area contributed by atoms with Gasteiger partial charge in [-0.05, 0) is 31.6 Å². The van der Waals surface area contributed by atoms with E-state index in [0.29, 0.717) is 25.3 Å². The van der Waals surface area contributed by atoms with Crippen LogP contribution in [0.3, 0.4) is 0 Å². The zero-order chi connectivity index (χ0) is 22.6. The number of hydrogen-bond donors (Lipinski definition) is 2. The van der Waals surface area contributed by atoms with Gasteiger partial charge in [-0.1, -0.05) is 20.8 Å². The Morgan fingerprint density at radius 2 is 1.83 bits per heavy atom. The molecule has 167 valence electrons. The number of carbonyl (C=O) groups is 5. The Morgan fingerprint density at radius 1 is 1.17 bits per heavy atom. The van der Waals surface area contributed by atoms with Crippen molar-refractivity contribution in [3.8, 4) is 0 Å². The number of amides is 4. The monoisotopic (exact) mass is 421 g/mol. The second-order valence-corrected chi connectivity index (χ2v) is 8.73. The van der Waals surface area contributed by atoms with Gasteiger partial charge >= 0.3 is 0 Å². The molecule has 3 N–H and O–H groups in total. The van der Waals surface area contributed by atoms with Gasteiger partial charge in [0.05, 0.1) is 19.0 Å². The zero-order valence-electron chi connectivity index (χ0n) is 18.2. The van der Waals surface area contributed by atoms with E-state index in [4.69, 9.17) is 5.73 Å². The molecular weight excluding hydrogens is 388 g/mol. The van der Waals surface area contributed by atoms with Crippen LogP contribution in [0.15, 0.2) is 0 Å². The van der Waals surface area contributed by atoms with Crippen molar-refractivity contribution < 1.29 is 24.0 Å². The van der Waals surface area contributed by atoms with Crippen LogP contribution in [0.25, 0.3) is 0 Å². The third-order valence-corrected chi connectivity index (χ3v) is 5.83. The molecule has 9 nitrogen and oxygen atoms in total. The van der Waals surface area contributed by atoms with Crippen molar-refractivity contribution >= 4 is 29.4 Å². The number of rotatable bonds is 9. The molecule has 4 unspecified atom stereocenters. The first kappa shape index (κ1) is 23.8. The van der Waals surface area contributed by atoms with Gasteiger partial charge in [0, 0.05) is 19.4 Å². The molecule has 2 aliphatic rings. The first-order chi connectivity index (χ1) is 14.0. The third kappa shape index (κ3) is 5.58. The summed E-state index contributed by atoms with van der Waals surface area (Å²) in [6.07, 6.45) is 3.37. The Hall–Kier alpha value is -2.45. The minimum absolute atomic E-state index is 0.0621. The third-order valence-electron chi connectivity index (χ3n) is 5.83. The normalized spacial score (nSPS) is 22.8. The summed E-state index contributed by atoms with van der Waals surface area (Å²) in [5.74, 6) is -1.65. The molecule has 0 aromatic heterocycles. The molecule has 2 rings (SSSR count). The number of Topliss-reactive ketones (excluding diaryl/α,β-unsaturated/α-hetero) is 1. The van der Waals surface area contributed by atoms with Crippen molar-refractivity contribution in [3.63, 3.8) is 0 Å². The highest BCUT2D eigenvalue weighted by Gasteiger charge is 2.52.